The van der Waals surface area contributed by atoms with E-state index < -0.39 is 0 Å². The predicted molar refractivity (Wildman–Crippen MR) is 106 cm³/mol. The van der Waals surface area contributed by atoms with Crippen LogP contribution in [0.15, 0.2) is 24.3 Å². The van der Waals surface area contributed by atoms with Crippen LogP contribution in [-0.2, 0) is 4.74 Å². The van der Waals surface area contributed by atoms with Crippen molar-refractivity contribution in [2.24, 2.45) is 5.92 Å². The standard InChI is InChI=1S/C21H34N2O3/c1-4-5-10-15-25-20-14-9-7-12-18(20)22-21(24)26-19-13-8-6-11-17(19)16-23(2)3/h7,9,12,14,17,19H,4-6,8,10-11,13,15-16H2,1-3H3,(H,22,24)/t17-,19-/m1/s1. The fourth-order valence-electron chi connectivity index (χ4n) is 3.51. The Morgan fingerprint density at radius 3 is 2.73 bits per heavy atom. The molecule has 0 unspecified atom stereocenters. The van der Waals surface area contributed by atoms with E-state index in [9.17, 15) is 4.79 Å². The zero-order valence-corrected chi connectivity index (χ0v) is 16.5. The van der Waals surface area contributed by atoms with Crippen molar-refractivity contribution < 1.29 is 14.3 Å². The van der Waals surface area contributed by atoms with Crippen molar-refractivity contribution in [1.82, 2.24) is 4.90 Å². The van der Waals surface area contributed by atoms with Crippen LogP contribution >= 0.6 is 0 Å². The van der Waals surface area contributed by atoms with Crippen molar-refractivity contribution in [3.63, 3.8) is 0 Å². The summed E-state index contributed by atoms with van der Waals surface area (Å²) in [5.41, 5.74) is 0.675. The number of benzene rings is 1. The summed E-state index contributed by atoms with van der Waals surface area (Å²) in [5.74, 6) is 1.11. The molecule has 2 atom stereocenters. The van der Waals surface area contributed by atoms with Gasteiger partial charge in [0.2, 0.25) is 0 Å². The molecule has 0 heterocycles. The topological polar surface area (TPSA) is 50.8 Å². The van der Waals surface area contributed by atoms with Crippen molar-refractivity contribution in [2.45, 2.75) is 58.0 Å². The minimum atomic E-state index is -0.384. The second kappa shape index (κ2) is 11.1. The van der Waals surface area contributed by atoms with Crippen LogP contribution in [0.4, 0.5) is 10.5 Å². The van der Waals surface area contributed by atoms with E-state index in [1.54, 1.807) is 0 Å². The van der Waals surface area contributed by atoms with Crippen LogP contribution in [0.1, 0.15) is 51.9 Å². The van der Waals surface area contributed by atoms with Crippen LogP contribution < -0.4 is 10.1 Å². The van der Waals surface area contributed by atoms with E-state index in [4.69, 9.17) is 9.47 Å². The number of hydrogen-bond acceptors (Lipinski definition) is 4. The van der Waals surface area contributed by atoms with Crippen molar-refractivity contribution in [2.75, 3.05) is 32.6 Å². The maximum Gasteiger partial charge on any atom is 0.412 e. The molecule has 0 spiro atoms. The quantitative estimate of drug-likeness (QED) is 0.633. The summed E-state index contributed by atoms with van der Waals surface area (Å²) in [7, 11) is 4.13. The fraction of sp³-hybridized carbons (Fsp3) is 0.667. The van der Waals surface area contributed by atoms with Gasteiger partial charge in [0, 0.05) is 12.5 Å². The molecule has 146 valence electrons. The minimum Gasteiger partial charge on any atom is -0.491 e. The van der Waals surface area contributed by atoms with Crippen LogP contribution in [0.2, 0.25) is 0 Å². The lowest BCUT2D eigenvalue weighted by Gasteiger charge is -2.32. The highest BCUT2D eigenvalue weighted by molar-refractivity contribution is 5.86. The molecule has 1 amide bonds. The van der Waals surface area contributed by atoms with Crippen LogP contribution in [0.3, 0.4) is 0 Å². The Morgan fingerprint density at radius 1 is 1.19 bits per heavy atom. The lowest BCUT2D eigenvalue weighted by Crippen LogP contribution is -2.37. The average Bonchev–Trinajstić information content (AvgIpc) is 2.61. The number of unbranched alkanes of at least 4 members (excludes halogenated alkanes) is 2. The molecule has 1 saturated carbocycles. The Hall–Kier alpha value is -1.75. The van der Waals surface area contributed by atoms with Crippen LogP contribution in [-0.4, -0.2) is 44.3 Å². The monoisotopic (exact) mass is 362 g/mol. The van der Waals surface area contributed by atoms with E-state index in [-0.39, 0.29) is 12.2 Å². The number of carbonyl (C=O) groups is 1. The maximum absolute atomic E-state index is 12.4. The third kappa shape index (κ3) is 6.87. The third-order valence-electron chi connectivity index (χ3n) is 4.83. The van der Waals surface area contributed by atoms with Gasteiger partial charge in [0.1, 0.15) is 11.9 Å². The first-order valence-electron chi connectivity index (χ1n) is 9.94. The fourth-order valence-corrected chi connectivity index (χ4v) is 3.51. The summed E-state index contributed by atoms with van der Waals surface area (Å²) >= 11 is 0. The van der Waals surface area contributed by atoms with Gasteiger partial charge in [-0.25, -0.2) is 4.79 Å². The van der Waals surface area contributed by atoms with Crippen LogP contribution in [0.25, 0.3) is 0 Å². The van der Waals surface area contributed by atoms with Crippen LogP contribution in [0, 0.1) is 5.92 Å². The van der Waals surface area contributed by atoms with E-state index in [2.05, 4.69) is 31.2 Å². The van der Waals surface area contributed by atoms with Gasteiger partial charge in [0.15, 0.2) is 0 Å². The van der Waals surface area contributed by atoms with Crippen molar-refractivity contribution in [3.8, 4) is 5.75 Å². The molecule has 1 aliphatic carbocycles. The molecule has 0 aromatic heterocycles. The molecule has 0 bridgehead atoms. The molecule has 1 N–H and O–H groups in total. The summed E-state index contributed by atoms with van der Waals surface area (Å²) in [6, 6.07) is 7.55. The van der Waals surface area contributed by atoms with Crippen molar-refractivity contribution >= 4 is 11.8 Å². The molecule has 2 rings (SSSR count). The van der Waals surface area contributed by atoms with Gasteiger partial charge in [-0.15, -0.1) is 0 Å². The summed E-state index contributed by atoms with van der Waals surface area (Å²) in [4.78, 5) is 14.6. The van der Waals surface area contributed by atoms with Gasteiger partial charge in [-0.1, -0.05) is 38.3 Å². The normalized spacial score (nSPS) is 20.0. The smallest absolute Gasteiger partial charge is 0.412 e. The second-order valence-corrected chi connectivity index (χ2v) is 7.43. The van der Waals surface area contributed by atoms with Gasteiger partial charge in [-0.05, 0) is 51.9 Å². The number of anilines is 1. The van der Waals surface area contributed by atoms with Gasteiger partial charge in [0.25, 0.3) is 0 Å². The summed E-state index contributed by atoms with van der Waals surface area (Å²) in [6.45, 7) is 3.78. The van der Waals surface area contributed by atoms with Gasteiger partial charge in [-0.2, -0.15) is 0 Å². The lowest BCUT2D eigenvalue weighted by molar-refractivity contribution is 0.0357. The van der Waals surface area contributed by atoms with Crippen molar-refractivity contribution in [3.05, 3.63) is 24.3 Å². The first kappa shape index (κ1) is 20.6. The number of rotatable bonds is 9. The molecule has 5 heteroatoms. The molecule has 0 radical (unpaired) electrons. The molecule has 1 fully saturated rings. The third-order valence-corrected chi connectivity index (χ3v) is 4.83. The predicted octanol–water partition coefficient (Wildman–Crippen LogP) is 4.92. The van der Waals surface area contributed by atoms with E-state index in [0.29, 0.717) is 24.0 Å². The second-order valence-electron chi connectivity index (χ2n) is 7.43. The molecular formula is C21H34N2O3. The molecule has 1 aromatic carbocycles. The van der Waals surface area contributed by atoms with E-state index in [0.717, 1.165) is 45.1 Å². The maximum atomic E-state index is 12.4. The van der Waals surface area contributed by atoms with E-state index in [1.165, 1.54) is 6.42 Å². The first-order valence-corrected chi connectivity index (χ1v) is 9.94. The number of para-hydroxylation sites is 2. The Labute approximate surface area is 158 Å². The SMILES string of the molecule is CCCCCOc1ccccc1NC(=O)O[C@@H]1CCCC[C@@H]1CN(C)C. The zero-order chi connectivity index (χ0) is 18.8. The number of carbonyl (C=O) groups excluding carboxylic acids is 1. The Bertz CT molecular complexity index is 548. The molecule has 1 aliphatic rings. The van der Waals surface area contributed by atoms with Gasteiger partial charge < -0.3 is 14.4 Å². The molecule has 1 aromatic rings. The largest absolute Gasteiger partial charge is 0.491 e. The highest BCUT2D eigenvalue weighted by Crippen LogP contribution is 2.29. The number of amides is 1. The average molecular weight is 363 g/mol. The summed E-state index contributed by atoms with van der Waals surface area (Å²) in [6.07, 6.45) is 7.33. The Balaban J connectivity index is 1.90. The number of nitrogens with zero attached hydrogens (tertiary/aromatic N) is 1. The summed E-state index contributed by atoms with van der Waals surface area (Å²) < 4.78 is 11.6. The van der Waals surface area contributed by atoms with Crippen molar-refractivity contribution in [1.29, 1.82) is 0 Å². The highest BCUT2D eigenvalue weighted by Gasteiger charge is 2.28. The first-order chi connectivity index (χ1) is 12.6. The molecular weight excluding hydrogens is 328 g/mol. The minimum absolute atomic E-state index is 0.0104. The molecule has 26 heavy (non-hydrogen) atoms. The zero-order valence-electron chi connectivity index (χ0n) is 16.5. The van der Waals surface area contributed by atoms with Gasteiger partial charge in [-0.3, -0.25) is 5.32 Å². The molecule has 0 saturated heterocycles. The Morgan fingerprint density at radius 2 is 1.96 bits per heavy atom. The summed E-state index contributed by atoms with van der Waals surface area (Å²) in [5, 5.41) is 2.87. The lowest BCUT2D eigenvalue weighted by atomic mass is 9.86. The highest BCUT2D eigenvalue weighted by atomic mass is 16.6. The van der Waals surface area contributed by atoms with E-state index >= 15 is 0 Å². The number of ether oxygens (including phenoxy) is 2. The molecule has 0 aliphatic heterocycles. The Kier molecular flexibility index (Phi) is 8.75. The van der Waals surface area contributed by atoms with Gasteiger partial charge >= 0.3 is 6.09 Å². The number of nitrogens with one attached hydrogen (secondary N) is 1. The van der Waals surface area contributed by atoms with Gasteiger partial charge in [0.05, 0.1) is 12.3 Å². The van der Waals surface area contributed by atoms with E-state index in [1.807, 2.05) is 24.3 Å². The number of hydrogen-bond donors (Lipinski definition) is 1. The van der Waals surface area contributed by atoms with Crippen LogP contribution in [0.5, 0.6) is 5.75 Å². The molecule has 5 nitrogen and oxygen atoms in total.